The number of aliphatic hydroxyl groups is 1. The molecule has 0 aromatic heterocycles. The van der Waals surface area contributed by atoms with Crippen molar-refractivity contribution in [1.29, 1.82) is 0 Å². The van der Waals surface area contributed by atoms with Crippen LogP contribution in [0, 0.1) is 17.8 Å². The molecule has 6 heterocycles. The summed E-state index contributed by atoms with van der Waals surface area (Å²) < 4.78 is 17.0. The van der Waals surface area contributed by atoms with Crippen LogP contribution in [0.15, 0.2) is 106 Å². The van der Waals surface area contributed by atoms with Crippen molar-refractivity contribution in [3.63, 3.8) is 0 Å². The van der Waals surface area contributed by atoms with Gasteiger partial charge in [0, 0.05) is 52.8 Å². The van der Waals surface area contributed by atoms with E-state index in [2.05, 4.69) is 26.1 Å². The predicted molar refractivity (Wildman–Crippen MR) is 234 cm³/mol. The van der Waals surface area contributed by atoms with E-state index in [0.717, 1.165) is 102 Å². The van der Waals surface area contributed by atoms with Crippen LogP contribution >= 0.6 is 0 Å². The molecule has 0 spiro atoms. The Labute approximate surface area is 355 Å². The van der Waals surface area contributed by atoms with Gasteiger partial charge in [-0.25, -0.2) is 15.0 Å². The fraction of sp³-hybridized carbons (Fsp3) is 0.551. The molecule has 1 saturated heterocycles. The van der Waals surface area contributed by atoms with Gasteiger partial charge >= 0.3 is 17.9 Å². The molecular formula is C49H62N4O7. The lowest BCUT2D eigenvalue weighted by Gasteiger charge is -2.20. The molecule has 1 fully saturated rings. The van der Waals surface area contributed by atoms with Crippen molar-refractivity contribution in [1.82, 2.24) is 5.32 Å². The number of carbonyl (C=O) groups is 3. The predicted octanol–water partition coefficient (Wildman–Crippen LogP) is 10.0. The highest BCUT2D eigenvalue weighted by molar-refractivity contribution is 6.24. The molecular weight excluding hydrogens is 757 g/mol. The van der Waals surface area contributed by atoms with Crippen LogP contribution in [0.1, 0.15) is 137 Å². The average molecular weight is 819 g/mol. The van der Waals surface area contributed by atoms with Crippen LogP contribution in [0.4, 0.5) is 0 Å². The molecule has 320 valence electrons. The topological polar surface area (TPSA) is 148 Å². The normalized spacial score (nSPS) is 26.1. The van der Waals surface area contributed by atoms with Gasteiger partial charge in [-0.05, 0) is 87.0 Å². The monoisotopic (exact) mass is 818 g/mol. The van der Waals surface area contributed by atoms with Gasteiger partial charge in [-0.3, -0.25) is 14.4 Å². The van der Waals surface area contributed by atoms with Crippen LogP contribution in [-0.2, 0) is 28.6 Å². The third-order valence-electron chi connectivity index (χ3n) is 13.3. The Balaban J connectivity index is 1.37. The zero-order valence-electron chi connectivity index (χ0n) is 36.4. The van der Waals surface area contributed by atoms with Crippen molar-refractivity contribution in [2.75, 3.05) is 20.3 Å². The summed E-state index contributed by atoms with van der Waals surface area (Å²) >= 11 is 0. The van der Waals surface area contributed by atoms with Crippen LogP contribution in [0.25, 0.3) is 0 Å². The Kier molecular flexibility index (Phi) is 13.7. The second-order valence-electron chi connectivity index (χ2n) is 17.2. The van der Waals surface area contributed by atoms with Gasteiger partial charge in [-0.1, -0.05) is 78.1 Å². The molecule has 7 aliphatic rings. The number of cyclic esters (lactones) is 2. The SMILES string of the molecule is CCC1=C(C)C2=NC1=CC1=C(C)C3=C(O)C4C(=O)OCCCCCCCCCCCCCCC(=O)OCC5=C(C)C(=NC5=C2)C=C2NC(=C4C3=N1)[C@@H](CCC(=O)OC)C2C. The lowest BCUT2D eigenvalue weighted by Crippen LogP contribution is -2.26. The number of hydrogen-bond acceptors (Lipinski definition) is 11. The first-order chi connectivity index (χ1) is 29.0. The summed E-state index contributed by atoms with van der Waals surface area (Å²) in [5.74, 6) is -2.62. The largest absolute Gasteiger partial charge is 0.510 e. The number of esters is 3. The molecule has 2 N–H and O–H groups in total. The van der Waals surface area contributed by atoms with Crippen molar-refractivity contribution >= 4 is 35.0 Å². The van der Waals surface area contributed by atoms with Gasteiger partial charge in [-0.2, -0.15) is 0 Å². The first-order valence-corrected chi connectivity index (χ1v) is 22.4. The number of ether oxygens (including phenoxy) is 3. The summed E-state index contributed by atoms with van der Waals surface area (Å²) in [4.78, 5) is 55.5. The standard InChI is InChI=1S/C49H62N4O7/c1-7-32-28(2)36-25-40-34-27-60-42(55)20-18-16-14-12-10-8-9-11-13-15-17-19-23-59-49(57)45-44(47-43(48(45)56)31(5)38(53-47)26-39(32)50-36)46-33(21-22-41(54)58-6)29(3)37(52-46)24-35(51-40)30(34)4/h24-26,29,33,45,52,56H,7-23,27H2,1-6H3/t29?,33-,45?/m0/s1. The molecule has 2 unspecified atom stereocenters. The van der Waals surface area contributed by atoms with Crippen molar-refractivity contribution in [2.24, 2.45) is 32.7 Å². The van der Waals surface area contributed by atoms with Gasteiger partial charge in [-0.15, -0.1) is 0 Å². The van der Waals surface area contributed by atoms with Crippen molar-refractivity contribution < 1.29 is 33.7 Å². The average Bonchev–Trinajstić information content (AvgIpc) is 3.97. The minimum atomic E-state index is -1.09. The van der Waals surface area contributed by atoms with E-state index in [1.807, 2.05) is 32.1 Å². The quantitative estimate of drug-likeness (QED) is 0.210. The number of hydrogen-bond donors (Lipinski definition) is 2. The Morgan fingerprint density at radius 2 is 1.48 bits per heavy atom. The van der Waals surface area contributed by atoms with Crippen LogP contribution in [0.5, 0.6) is 0 Å². The number of allylic oxidation sites excluding steroid dienone is 10. The highest BCUT2D eigenvalue weighted by Gasteiger charge is 2.49. The molecule has 0 aromatic carbocycles. The summed E-state index contributed by atoms with van der Waals surface area (Å²) in [5.41, 5.74) is 11.4. The highest BCUT2D eigenvalue weighted by atomic mass is 16.5. The van der Waals surface area contributed by atoms with Crippen LogP contribution in [0.3, 0.4) is 0 Å². The molecule has 0 saturated carbocycles. The van der Waals surface area contributed by atoms with Gasteiger partial charge in [0.05, 0.1) is 47.9 Å². The minimum Gasteiger partial charge on any atom is -0.510 e. The zero-order chi connectivity index (χ0) is 42.5. The molecule has 0 aromatic rings. The van der Waals surface area contributed by atoms with Gasteiger partial charge in [0.15, 0.2) is 0 Å². The van der Waals surface area contributed by atoms with E-state index < -0.39 is 11.9 Å². The van der Waals surface area contributed by atoms with Gasteiger partial charge in [0.25, 0.3) is 0 Å². The molecule has 0 amide bonds. The Morgan fingerprint density at radius 3 is 2.17 bits per heavy atom. The van der Waals surface area contributed by atoms with Crippen LogP contribution in [0.2, 0.25) is 0 Å². The minimum absolute atomic E-state index is 0.0738. The number of nitrogens with zero attached hydrogens (tertiary/aromatic N) is 3. The molecule has 7 rings (SSSR count). The summed E-state index contributed by atoms with van der Waals surface area (Å²) in [6.07, 6.45) is 20.6. The molecule has 0 radical (unpaired) electrons. The number of nitrogens with one attached hydrogen (secondary N) is 1. The van der Waals surface area contributed by atoms with E-state index in [9.17, 15) is 19.5 Å². The second kappa shape index (κ2) is 19.1. The van der Waals surface area contributed by atoms with Crippen molar-refractivity contribution in [3.8, 4) is 0 Å². The number of carbonyl (C=O) groups excluding carboxylic acids is 3. The maximum absolute atomic E-state index is 14.3. The van der Waals surface area contributed by atoms with Gasteiger partial charge < -0.3 is 24.6 Å². The van der Waals surface area contributed by atoms with E-state index in [1.54, 1.807) is 0 Å². The number of methoxy groups -OCH3 is 1. The number of aliphatic imine (C=N–C) groups is 3. The van der Waals surface area contributed by atoms with Crippen LogP contribution in [-0.4, -0.2) is 60.5 Å². The molecule has 10 bridgehead atoms. The summed E-state index contributed by atoms with van der Waals surface area (Å²) in [6.45, 7) is 10.5. The van der Waals surface area contributed by atoms with E-state index in [4.69, 9.17) is 29.2 Å². The van der Waals surface area contributed by atoms with Crippen molar-refractivity contribution in [2.45, 2.75) is 137 Å². The third kappa shape index (κ3) is 8.86. The summed E-state index contributed by atoms with van der Waals surface area (Å²) in [7, 11) is 1.38. The van der Waals surface area contributed by atoms with E-state index >= 15 is 0 Å². The Morgan fingerprint density at radius 1 is 0.833 bits per heavy atom. The molecule has 6 aliphatic heterocycles. The summed E-state index contributed by atoms with van der Waals surface area (Å²) in [5, 5.41) is 15.8. The van der Waals surface area contributed by atoms with Crippen LogP contribution < -0.4 is 5.32 Å². The fourth-order valence-corrected chi connectivity index (χ4v) is 9.61. The summed E-state index contributed by atoms with van der Waals surface area (Å²) in [6, 6.07) is 0. The maximum atomic E-state index is 14.3. The number of aliphatic hydroxyl groups excluding tert-OH is 1. The van der Waals surface area contributed by atoms with E-state index in [0.29, 0.717) is 46.8 Å². The molecule has 11 nitrogen and oxygen atoms in total. The molecule has 3 atom stereocenters. The second-order valence-corrected chi connectivity index (χ2v) is 17.2. The maximum Gasteiger partial charge on any atom is 0.321 e. The van der Waals surface area contributed by atoms with Gasteiger partial charge in [0.1, 0.15) is 18.3 Å². The fourth-order valence-electron chi connectivity index (χ4n) is 9.61. The first-order valence-electron chi connectivity index (χ1n) is 22.4. The Hall–Kier alpha value is -5.06. The van der Waals surface area contributed by atoms with E-state index in [-0.39, 0.29) is 49.2 Å². The lowest BCUT2D eigenvalue weighted by molar-refractivity contribution is -0.147. The third-order valence-corrected chi connectivity index (χ3v) is 13.3. The smallest absolute Gasteiger partial charge is 0.321 e. The number of fused-ring (bicyclic) bond motifs is 4. The van der Waals surface area contributed by atoms with Crippen molar-refractivity contribution in [3.05, 3.63) is 91.5 Å². The highest BCUT2D eigenvalue weighted by Crippen LogP contribution is 2.49. The lowest BCUT2D eigenvalue weighted by atomic mass is 9.84. The first kappa shape index (κ1) is 43.0. The zero-order valence-corrected chi connectivity index (χ0v) is 36.4. The van der Waals surface area contributed by atoms with E-state index in [1.165, 1.54) is 39.2 Å². The molecule has 11 heteroatoms. The molecule has 60 heavy (non-hydrogen) atoms. The molecule has 1 aliphatic carbocycles. The number of rotatable bonds is 4. The van der Waals surface area contributed by atoms with Gasteiger partial charge in [0.2, 0.25) is 0 Å². The Bertz CT molecular complexity index is 2170.